The highest BCUT2D eigenvalue weighted by molar-refractivity contribution is 7.13. The second-order valence-corrected chi connectivity index (χ2v) is 3.66. The van der Waals surface area contributed by atoms with Gasteiger partial charge in [-0.25, -0.2) is 4.98 Å². The van der Waals surface area contributed by atoms with Crippen LogP contribution >= 0.6 is 11.3 Å². The number of methoxy groups -OCH3 is 1. The van der Waals surface area contributed by atoms with E-state index in [2.05, 4.69) is 28.3 Å². The number of aryl methyl sites for hydroxylation is 1. The molecule has 0 aliphatic carbocycles. The number of hydrogen-bond acceptors (Lipinski definition) is 3. The zero-order chi connectivity index (χ0) is 9.26. The predicted molar refractivity (Wildman–Crippen MR) is 53.2 cm³/mol. The number of nitrogens with one attached hydrogen (secondary N) is 1. The molecule has 4 heteroatoms. The molecule has 2 heterocycles. The molecule has 0 fully saturated rings. The molecule has 2 rings (SSSR count). The maximum atomic E-state index is 4.97. The van der Waals surface area contributed by atoms with Crippen molar-refractivity contribution in [2.24, 2.45) is 0 Å². The second-order valence-electron chi connectivity index (χ2n) is 2.74. The fourth-order valence-electron chi connectivity index (χ4n) is 1.17. The van der Waals surface area contributed by atoms with Gasteiger partial charge in [0.1, 0.15) is 0 Å². The molecule has 0 bridgehead atoms. The molecule has 0 saturated carbocycles. The number of imidazole rings is 1. The molecule has 0 spiro atoms. The molecule has 0 amide bonds. The molecule has 0 aromatic carbocycles. The Morgan fingerprint density at radius 2 is 2.38 bits per heavy atom. The van der Waals surface area contributed by atoms with Crippen LogP contribution in [0.4, 0.5) is 0 Å². The SMILES string of the molecule is COc1ncc(-c2sccc2C)[nH]1. The van der Waals surface area contributed by atoms with Gasteiger partial charge in [-0.3, -0.25) is 0 Å². The van der Waals surface area contributed by atoms with Gasteiger partial charge < -0.3 is 9.72 Å². The summed E-state index contributed by atoms with van der Waals surface area (Å²) in [6.07, 6.45) is 1.79. The minimum absolute atomic E-state index is 0.558. The first-order valence-corrected chi connectivity index (χ1v) is 4.82. The largest absolute Gasteiger partial charge is 0.468 e. The third kappa shape index (κ3) is 1.45. The zero-order valence-corrected chi connectivity index (χ0v) is 8.31. The number of thiophene rings is 1. The monoisotopic (exact) mass is 194 g/mol. The van der Waals surface area contributed by atoms with E-state index in [9.17, 15) is 0 Å². The minimum Gasteiger partial charge on any atom is -0.468 e. The Labute approximate surface area is 80.4 Å². The highest BCUT2D eigenvalue weighted by Gasteiger charge is 2.06. The van der Waals surface area contributed by atoms with Gasteiger partial charge in [0.2, 0.25) is 0 Å². The molecule has 0 unspecified atom stereocenters. The van der Waals surface area contributed by atoms with Crippen LogP contribution < -0.4 is 4.74 Å². The summed E-state index contributed by atoms with van der Waals surface area (Å²) < 4.78 is 4.97. The lowest BCUT2D eigenvalue weighted by Crippen LogP contribution is -1.83. The standard InChI is InChI=1S/C9H10N2OS/c1-6-3-4-13-8(6)7-5-10-9(11-7)12-2/h3-5H,1-2H3,(H,10,11). The van der Waals surface area contributed by atoms with Gasteiger partial charge in [-0.15, -0.1) is 11.3 Å². The maximum absolute atomic E-state index is 4.97. The van der Waals surface area contributed by atoms with Crippen LogP contribution in [-0.2, 0) is 0 Å². The number of nitrogens with zero attached hydrogens (tertiary/aromatic N) is 1. The van der Waals surface area contributed by atoms with E-state index < -0.39 is 0 Å². The van der Waals surface area contributed by atoms with E-state index in [1.54, 1.807) is 24.6 Å². The van der Waals surface area contributed by atoms with Gasteiger partial charge in [-0.05, 0) is 23.9 Å². The smallest absolute Gasteiger partial charge is 0.293 e. The van der Waals surface area contributed by atoms with Crippen molar-refractivity contribution in [1.29, 1.82) is 0 Å². The highest BCUT2D eigenvalue weighted by Crippen LogP contribution is 2.28. The number of ether oxygens (including phenoxy) is 1. The van der Waals surface area contributed by atoms with E-state index in [0.717, 1.165) is 5.69 Å². The minimum atomic E-state index is 0.558. The molecule has 3 nitrogen and oxygen atoms in total. The van der Waals surface area contributed by atoms with Gasteiger partial charge in [0, 0.05) is 0 Å². The van der Waals surface area contributed by atoms with Gasteiger partial charge in [0.25, 0.3) is 6.01 Å². The first-order chi connectivity index (χ1) is 6.31. The molecule has 0 aliphatic rings. The summed E-state index contributed by atoms with van der Waals surface area (Å²) in [5.74, 6) is 0. The van der Waals surface area contributed by atoms with Gasteiger partial charge >= 0.3 is 0 Å². The molecule has 0 atom stereocenters. The van der Waals surface area contributed by atoms with Crippen LogP contribution in [0.15, 0.2) is 17.6 Å². The zero-order valence-electron chi connectivity index (χ0n) is 7.50. The van der Waals surface area contributed by atoms with Crippen LogP contribution in [0.3, 0.4) is 0 Å². The number of aromatic amines is 1. The molecular formula is C9H10N2OS. The van der Waals surface area contributed by atoms with Crippen LogP contribution in [0.1, 0.15) is 5.56 Å². The van der Waals surface area contributed by atoms with E-state index in [4.69, 9.17) is 4.74 Å². The lowest BCUT2D eigenvalue weighted by Gasteiger charge is -1.93. The number of rotatable bonds is 2. The quantitative estimate of drug-likeness (QED) is 0.797. The van der Waals surface area contributed by atoms with Gasteiger partial charge in [-0.1, -0.05) is 0 Å². The first kappa shape index (κ1) is 8.31. The summed E-state index contributed by atoms with van der Waals surface area (Å²) in [4.78, 5) is 8.36. The summed E-state index contributed by atoms with van der Waals surface area (Å²) in [7, 11) is 1.60. The van der Waals surface area contributed by atoms with Gasteiger partial charge in [-0.2, -0.15) is 0 Å². The first-order valence-electron chi connectivity index (χ1n) is 3.94. The molecule has 2 aromatic rings. The fraction of sp³-hybridized carbons (Fsp3) is 0.222. The van der Waals surface area contributed by atoms with Crippen LogP contribution in [0.25, 0.3) is 10.6 Å². The van der Waals surface area contributed by atoms with Crippen LogP contribution in [0, 0.1) is 6.92 Å². The third-order valence-corrected chi connectivity index (χ3v) is 2.90. The van der Waals surface area contributed by atoms with Crippen molar-refractivity contribution in [1.82, 2.24) is 9.97 Å². The van der Waals surface area contributed by atoms with E-state index in [0.29, 0.717) is 6.01 Å². The molecule has 2 aromatic heterocycles. The van der Waals surface area contributed by atoms with Crippen LogP contribution in [0.2, 0.25) is 0 Å². The second kappa shape index (κ2) is 3.22. The fourth-order valence-corrected chi connectivity index (χ4v) is 2.06. The third-order valence-electron chi connectivity index (χ3n) is 1.85. The molecular weight excluding hydrogens is 184 g/mol. The summed E-state index contributed by atoms with van der Waals surface area (Å²) in [6, 6.07) is 2.65. The summed E-state index contributed by atoms with van der Waals surface area (Å²) in [6.45, 7) is 2.08. The van der Waals surface area contributed by atoms with Crippen molar-refractivity contribution in [2.75, 3.05) is 7.11 Å². The molecule has 13 heavy (non-hydrogen) atoms. The lowest BCUT2D eigenvalue weighted by molar-refractivity contribution is 0.384. The molecule has 0 radical (unpaired) electrons. The maximum Gasteiger partial charge on any atom is 0.293 e. The molecule has 1 N–H and O–H groups in total. The van der Waals surface area contributed by atoms with E-state index >= 15 is 0 Å². The van der Waals surface area contributed by atoms with E-state index in [1.807, 2.05) is 0 Å². The van der Waals surface area contributed by atoms with Crippen LogP contribution in [-0.4, -0.2) is 17.1 Å². The van der Waals surface area contributed by atoms with Crippen molar-refractivity contribution < 1.29 is 4.74 Å². The topological polar surface area (TPSA) is 37.9 Å². The highest BCUT2D eigenvalue weighted by atomic mass is 32.1. The van der Waals surface area contributed by atoms with Gasteiger partial charge in [0.15, 0.2) is 0 Å². The van der Waals surface area contributed by atoms with Crippen molar-refractivity contribution in [3.8, 4) is 16.6 Å². The number of H-pyrrole nitrogens is 1. The summed E-state index contributed by atoms with van der Waals surface area (Å²) in [5.41, 5.74) is 2.28. The van der Waals surface area contributed by atoms with Crippen LogP contribution in [0.5, 0.6) is 6.01 Å². The number of aromatic nitrogens is 2. The van der Waals surface area contributed by atoms with Crippen molar-refractivity contribution in [2.45, 2.75) is 6.92 Å². The average molecular weight is 194 g/mol. The molecule has 0 aliphatic heterocycles. The normalized spacial score (nSPS) is 10.3. The average Bonchev–Trinajstić information content (AvgIpc) is 2.71. The molecule has 68 valence electrons. The Bertz CT molecular complexity index is 405. The Hall–Kier alpha value is -1.29. The van der Waals surface area contributed by atoms with Crippen molar-refractivity contribution in [3.05, 3.63) is 23.2 Å². The van der Waals surface area contributed by atoms with Crippen molar-refractivity contribution in [3.63, 3.8) is 0 Å². The lowest BCUT2D eigenvalue weighted by atomic mass is 10.2. The predicted octanol–water partition coefficient (Wildman–Crippen LogP) is 2.46. The Morgan fingerprint density at radius 3 is 2.92 bits per heavy atom. The summed E-state index contributed by atoms with van der Waals surface area (Å²) in [5, 5.41) is 2.07. The van der Waals surface area contributed by atoms with E-state index in [-0.39, 0.29) is 0 Å². The van der Waals surface area contributed by atoms with Gasteiger partial charge in [0.05, 0.1) is 23.9 Å². The Balaban J connectivity index is 2.41. The summed E-state index contributed by atoms with van der Waals surface area (Å²) >= 11 is 1.70. The molecule has 0 saturated heterocycles. The Kier molecular flexibility index (Phi) is 2.06. The van der Waals surface area contributed by atoms with Crippen molar-refractivity contribution >= 4 is 11.3 Å². The van der Waals surface area contributed by atoms with E-state index in [1.165, 1.54) is 10.4 Å². The Morgan fingerprint density at radius 1 is 1.54 bits per heavy atom. The number of hydrogen-bond donors (Lipinski definition) is 1.